The lowest BCUT2D eigenvalue weighted by Gasteiger charge is -2.34. The molecule has 0 heterocycles. The van der Waals surface area contributed by atoms with Crippen molar-refractivity contribution in [3.05, 3.63) is 29.3 Å². The molecule has 0 atom stereocenters. The maximum absolute atomic E-state index is 3.60. The number of anilines is 1. The highest BCUT2D eigenvalue weighted by molar-refractivity contribution is 5.55. The fraction of sp³-hybridized carbons (Fsp3) is 0.684. The van der Waals surface area contributed by atoms with Gasteiger partial charge < -0.3 is 10.2 Å². The summed E-state index contributed by atoms with van der Waals surface area (Å²) in [6.07, 6.45) is 4.27. The normalized spacial score (nSPS) is 15.3. The molecular weight excluding hydrogens is 256 g/mol. The molecule has 0 spiro atoms. The van der Waals surface area contributed by atoms with Gasteiger partial charge in [-0.15, -0.1) is 0 Å². The summed E-state index contributed by atoms with van der Waals surface area (Å²) in [5, 5.41) is 3.60. The minimum Gasteiger partial charge on any atom is -0.371 e. The highest BCUT2D eigenvalue weighted by Crippen LogP contribution is 2.30. The molecule has 0 aliphatic heterocycles. The summed E-state index contributed by atoms with van der Waals surface area (Å²) >= 11 is 0. The fourth-order valence-corrected chi connectivity index (χ4v) is 3.04. The Morgan fingerprint density at radius 1 is 1.29 bits per heavy atom. The van der Waals surface area contributed by atoms with Crippen LogP contribution in [0.2, 0.25) is 0 Å². The first-order valence-electron chi connectivity index (χ1n) is 8.65. The largest absolute Gasteiger partial charge is 0.371 e. The molecule has 2 rings (SSSR count). The van der Waals surface area contributed by atoms with Crippen molar-refractivity contribution < 1.29 is 0 Å². The van der Waals surface area contributed by atoms with E-state index in [4.69, 9.17) is 0 Å². The Morgan fingerprint density at radius 2 is 2.05 bits per heavy atom. The molecule has 0 aromatic heterocycles. The Balaban J connectivity index is 2.07. The summed E-state index contributed by atoms with van der Waals surface area (Å²) in [5.74, 6) is 1.62. The summed E-state index contributed by atoms with van der Waals surface area (Å²) in [6, 6.07) is 6.93. The number of hydrogen-bond acceptors (Lipinski definition) is 2. The van der Waals surface area contributed by atoms with E-state index in [1.54, 1.807) is 0 Å². The highest BCUT2D eigenvalue weighted by Gasteiger charge is 2.21. The first-order valence-corrected chi connectivity index (χ1v) is 8.65. The summed E-state index contributed by atoms with van der Waals surface area (Å²) < 4.78 is 0. The number of nitrogens with zero attached hydrogens (tertiary/aromatic N) is 1. The maximum Gasteiger partial charge on any atom is 0.0412 e. The Kier molecular flexibility index (Phi) is 6.10. The molecule has 1 saturated carbocycles. The second-order valence-corrected chi connectivity index (χ2v) is 6.99. The summed E-state index contributed by atoms with van der Waals surface area (Å²) in [7, 11) is 0. The molecule has 2 nitrogen and oxygen atoms in total. The summed E-state index contributed by atoms with van der Waals surface area (Å²) in [4.78, 5) is 2.58. The minimum atomic E-state index is 0.704. The van der Waals surface area contributed by atoms with Gasteiger partial charge in [0, 0.05) is 25.3 Å². The second-order valence-electron chi connectivity index (χ2n) is 6.99. The quantitative estimate of drug-likeness (QED) is 0.764. The maximum atomic E-state index is 3.60. The first kappa shape index (κ1) is 16.4. The highest BCUT2D eigenvalue weighted by atomic mass is 15.1. The number of rotatable bonds is 8. The molecule has 118 valence electrons. The van der Waals surface area contributed by atoms with Gasteiger partial charge in [-0.1, -0.05) is 38.0 Å². The van der Waals surface area contributed by atoms with Crippen LogP contribution in [0.5, 0.6) is 0 Å². The van der Waals surface area contributed by atoms with Crippen LogP contribution in [0.25, 0.3) is 0 Å². The van der Waals surface area contributed by atoms with Crippen molar-refractivity contribution in [1.82, 2.24) is 5.32 Å². The van der Waals surface area contributed by atoms with Gasteiger partial charge in [0.2, 0.25) is 0 Å². The Morgan fingerprint density at radius 3 is 2.62 bits per heavy atom. The number of nitrogens with one attached hydrogen (secondary N) is 1. The molecule has 1 N–H and O–H groups in total. The molecule has 1 aliphatic carbocycles. The van der Waals surface area contributed by atoms with Crippen LogP contribution in [-0.2, 0) is 6.54 Å². The van der Waals surface area contributed by atoms with Crippen LogP contribution in [0.1, 0.15) is 51.2 Å². The first-order chi connectivity index (χ1) is 10.1. The van der Waals surface area contributed by atoms with E-state index in [1.807, 2.05) is 0 Å². The summed E-state index contributed by atoms with van der Waals surface area (Å²) in [6.45, 7) is 13.4. The monoisotopic (exact) mass is 288 g/mol. The molecule has 0 amide bonds. The molecule has 1 aromatic carbocycles. The van der Waals surface area contributed by atoms with E-state index in [-0.39, 0.29) is 0 Å². The molecular formula is C19H32N2. The lowest BCUT2D eigenvalue weighted by atomic mass is 9.85. The molecule has 1 aromatic rings. The fourth-order valence-electron chi connectivity index (χ4n) is 3.04. The van der Waals surface area contributed by atoms with Crippen LogP contribution < -0.4 is 10.2 Å². The van der Waals surface area contributed by atoms with Crippen LogP contribution >= 0.6 is 0 Å². The SMILES string of the molecule is CCN(CC1CCC1)c1ccc(C)cc1CNCC(C)C. The van der Waals surface area contributed by atoms with Gasteiger partial charge in [0.15, 0.2) is 0 Å². The van der Waals surface area contributed by atoms with E-state index in [2.05, 4.69) is 56.1 Å². The Hall–Kier alpha value is -1.02. The number of hydrogen-bond donors (Lipinski definition) is 1. The molecule has 21 heavy (non-hydrogen) atoms. The Labute approximate surface area is 130 Å². The van der Waals surface area contributed by atoms with Crippen molar-refractivity contribution in [2.24, 2.45) is 11.8 Å². The van der Waals surface area contributed by atoms with Crippen LogP contribution in [0.15, 0.2) is 18.2 Å². The van der Waals surface area contributed by atoms with Gasteiger partial charge in [0.05, 0.1) is 0 Å². The molecule has 1 aliphatic rings. The number of benzene rings is 1. The van der Waals surface area contributed by atoms with E-state index in [9.17, 15) is 0 Å². The standard InChI is InChI=1S/C19H32N2/c1-5-21(14-17-7-6-8-17)19-10-9-16(4)11-18(19)13-20-12-15(2)3/h9-11,15,17,20H,5-8,12-14H2,1-4H3. The van der Waals surface area contributed by atoms with Crippen LogP contribution in [-0.4, -0.2) is 19.6 Å². The van der Waals surface area contributed by atoms with Crippen LogP contribution in [0.4, 0.5) is 5.69 Å². The van der Waals surface area contributed by atoms with E-state index >= 15 is 0 Å². The minimum absolute atomic E-state index is 0.704. The van der Waals surface area contributed by atoms with E-state index < -0.39 is 0 Å². The number of aryl methyl sites for hydroxylation is 1. The van der Waals surface area contributed by atoms with Crippen molar-refractivity contribution in [3.63, 3.8) is 0 Å². The van der Waals surface area contributed by atoms with Crippen molar-refractivity contribution in [2.45, 2.75) is 53.5 Å². The van der Waals surface area contributed by atoms with E-state index in [0.29, 0.717) is 5.92 Å². The molecule has 0 bridgehead atoms. The predicted molar refractivity (Wildman–Crippen MR) is 93.0 cm³/mol. The van der Waals surface area contributed by atoms with Gasteiger partial charge in [-0.2, -0.15) is 0 Å². The third kappa shape index (κ3) is 4.74. The lowest BCUT2D eigenvalue weighted by molar-refractivity contribution is 0.318. The Bertz CT molecular complexity index is 435. The van der Waals surface area contributed by atoms with Gasteiger partial charge in [-0.3, -0.25) is 0 Å². The zero-order valence-electron chi connectivity index (χ0n) is 14.3. The molecule has 0 radical (unpaired) electrons. The van der Waals surface area contributed by atoms with Gasteiger partial charge in [-0.25, -0.2) is 0 Å². The zero-order chi connectivity index (χ0) is 15.2. The van der Waals surface area contributed by atoms with Crippen molar-refractivity contribution >= 4 is 5.69 Å². The predicted octanol–water partition coefficient (Wildman–Crippen LogP) is 4.37. The second kappa shape index (κ2) is 7.84. The van der Waals surface area contributed by atoms with Gasteiger partial charge >= 0.3 is 0 Å². The molecule has 1 fully saturated rings. The molecule has 0 unspecified atom stereocenters. The molecule has 0 saturated heterocycles. The topological polar surface area (TPSA) is 15.3 Å². The summed E-state index contributed by atoms with van der Waals surface area (Å²) in [5.41, 5.74) is 4.25. The van der Waals surface area contributed by atoms with E-state index in [0.717, 1.165) is 25.6 Å². The van der Waals surface area contributed by atoms with Crippen molar-refractivity contribution in [1.29, 1.82) is 0 Å². The zero-order valence-corrected chi connectivity index (χ0v) is 14.3. The van der Waals surface area contributed by atoms with Crippen molar-refractivity contribution in [2.75, 3.05) is 24.5 Å². The average Bonchev–Trinajstić information content (AvgIpc) is 2.39. The van der Waals surface area contributed by atoms with Gasteiger partial charge in [-0.05, 0) is 56.7 Å². The average molecular weight is 288 g/mol. The lowest BCUT2D eigenvalue weighted by Crippen LogP contribution is -2.33. The van der Waals surface area contributed by atoms with Crippen molar-refractivity contribution in [3.8, 4) is 0 Å². The van der Waals surface area contributed by atoms with Gasteiger partial charge in [0.25, 0.3) is 0 Å². The van der Waals surface area contributed by atoms with Crippen LogP contribution in [0, 0.1) is 18.8 Å². The van der Waals surface area contributed by atoms with E-state index in [1.165, 1.54) is 42.6 Å². The molecule has 2 heteroatoms. The smallest absolute Gasteiger partial charge is 0.0412 e. The van der Waals surface area contributed by atoms with Gasteiger partial charge in [0.1, 0.15) is 0 Å². The third-order valence-corrected chi connectivity index (χ3v) is 4.53. The van der Waals surface area contributed by atoms with Crippen LogP contribution in [0.3, 0.4) is 0 Å². The third-order valence-electron chi connectivity index (χ3n) is 4.53.